The van der Waals surface area contributed by atoms with Gasteiger partial charge in [-0.15, -0.1) is 0 Å². The van der Waals surface area contributed by atoms with E-state index in [2.05, 4.69) is 32.7 Å². The molecule has 0 aliphatic carbocycles. The largest absolute Gasteiger partial charge is 0.324 e. The van der Waals surface area contributed by atoms with Crippen LogP contribution in [-0.4, -0.2) is 42.7 Å². The molecule has 0 aromatic heterocycles. The number of unbranched alkanes of at least 4 members (excludes halogenated alkanes) is 3. The molecule has 0 saturated carbocycles. The highest BCUT2D eigenvalue weighted by atomic mass is 16.1. The number of quaternary nitrogens is 1. The molecule has 0 fully saturated rings. The van der Waals surface area contributed by atoms with Gasteiger partial charge in [-0.25, -0.2) is 0 Å². The lowest BCUT2D eigenvalue weighted by atomic mass is 10.1. The summed E-state index contributed by atoms with van der Waals surface area (Å²) >= 11 is 0. The maximum absolute atomic E-state index is 10.3. The molecule has 0 aromatic rings. The molecule has 22 heavy (non-hydrogen) atoms. The average Bonchev–Trinajstić information content (AvgIpc) is 2.56. The quantitative estimate of drug-likeness (QED) is 0.535. The summed E-state index contributed by atoms with van der Waals surface area (Å²) in [5.41, 5.74) is 0. The molecule has 1 rings (SSSR count). The third-order valence-corrected chi connectivity index (χ3v) is 4.37. The zero-order valence-electron chi connectivity index (χ0n) is 15.3. The molecule has 0 saturated heterocycles. The van der Waals surface area contributed by atoms with Gasteiger partial charge in [-0.2, -0.15) is 0 Å². The number of hydrogen-bond donors (Lipinski definition) is 0. The zero-order chi connectivity index (χ0) is 16.7. The van der Waals surface area contributed by atoms with Crippen LogP contribution in [0.15, 0.2) is 17.3 Å². The van der Waals surface area contributed by atoms with Gasteiger partial charge in [0, 0.05) is 18.8 Å². The highest BCUT2D eigenvalue weighted by Gasteiger charge is 2.22. The van der Waals surface area contributed by atoms with Crippen LogP contribution in [0.5, 0.6) is 0 Å². The molecule has 1 heterocycles. The molecule has 3 nitrogen and oxygen atoms in total. The second-order valence-electron chi connectivity index (χ2n) is 6.21. The van der Waals surface area contributed by atoms with Gasteiger partial charge in [0.2, 0.25) is 0 Å². The summed E-state index contributed by atoms with van der Waals surface area (Å²) in [4.78, 5) is 14.0. The Balaban J connectivity index is 0.000000518. The number of aliphatic imine (C=N–C) groups is 1. The van der Waals surface area contributed by atoms with Crippen LogP contribution < -0.4 is 0 Å². The maximum atomic E-state index is 10.3. The Morgan fingerprint density at radius 2 is 1.45 bits per heavy atom. The summed E-state index contributed by atoms with van der Waals surface area (Å²) in [6, 6.07) is 0. The molecule has 0 spiro atoms. The Morgan fingerprint density at radius 1 is 0.955 bits per heavy atom. The molecule has 1 aliphatic rings. The van der Waals surface area contributed by atoms with E-state index in [1.54, 1.807) is 6.21 Å². The second-order valence-corrected chi connectivity index (χ2v) is 6.21. The highest BCUT2D eigenvalue weighted by molar-refractivity contribution is 6.00. The van der Waals surface area contributed by atoms with E-state index in [0.29, 0.717) is 6.42 Å². The van der Waals surface area contributed by atoms with Crippen LogP contribution in [0.1, 0.15) is 72.6 Å². The van der Waals surface area contributed by atoms with Crippen molar-refractivity contribution in [3.8, 4) is 0 Å². The number of hydrogen-bond acceptors (Lipinski definition) is 2. The van der Waals surface area contributed by atoms with E-state index in [4.69, 9.17) is 0 Å². The lowest BCUT2D eigenvalue weighted by Crippen LogP contribution is -2.49. The third-order valence-electron chi connectivity index (χ3n) is 4.37. The van der Waals surface area contributed by atoms with Gasteiger partial charge in [0.1, 0.15) is 0 Å². The number of nitrogens with zero attached hydrogens (tertiary/aromatic N) is 2. The van der Waals surface area contributed by atoms with Crippen molar-refractivity contribution < 1.29 is 9.28 Å². The molecule has 0 bridgehead atoms. The molecule has 0 radical (unpaired) electrons. The Kier molecular flexibility index (Phi) is 13.1. The van der Waals surface area contributed by atoms with E-state index in [1.165, 1.54) is 81.5 Å². The molecule has 0 amide bonds. The van der Waals surface area contributed by atoms with Crippen molar-refractivity contribution >= 4 is 12.0 Å². The van der Waals surface area contributed by atoms with Crippen molar-refractivity contribution in [3.63, 3.8) is 0 Å². The van der Waals surface area contributed by atoms with Crippen LogP contribution >= 0.6 is 0 Å². The summed E-state index contributed by atoms with van der Waals surface area (Å²) in [5, 5.41) is 0. The highest BCUT2D eigenvalue weighted by Crippen LogP contribution is 2.14. The van der Waals surface area contributed by atoms with Gasteiger partial charge in [-0.1, -0.05) is 40.0 Å². The van der Waals surface area contributed by atoms with E-state index >= 15 is 0 Å². The zero-order valence-corrected chi connectivity index (χ0v) is 15.3. The molecule has 1 aliphatic heterocycles. The summed E-state index contributed by atoms with van der Waals surface area (Å²) in [6.45, 7) is 14.9. The molecule has 128 valence electrons. The lowest BCUT2D eigenvalue weighted by molar-refractivity contribution is -0.927. The molecule has 0 atom stereocenters. The lowest BCUT2D eigenvalue weighted by Gasteiger charge is -2.38. The summed E-state index contributed by atoms with van der Waals surface area (Å²) in [7, 11) is 0. The summed E-state index contributed by atoms with van der Waals surface area (Å²) in [5.74, 6) is 0.134. The van der Waals surface area contributed by atoms with Gasteiger partial charge >= 0.3 is 0 Å². The van der Waals surface area contributed by atoms with Crippen LogP contribution in [0.4, 0.5) is 0 Å². The van der Waals surface area contributed by atoms with Crippen LogP contribution in [0.25, 0.3) is 0 Å². The van der Waals surface area contributed by atoms with Gasteiger partial charge in [0.25, 0.3) is 0 Å². The molecule has 0 aromatic carbocycles. The van der Waals surface area contributed by atoms with Gasteiger partial charge in [-0.05, 0) is 32.3 Å². The van der Waals surface area contributed by atoms with Gasteiger partial charge < -0.3 is 4.48 Å². The molecule has 0 N–H and O–H groups in total. The van der Waals surface area contributed by atoms with E-state index in [9.17, 15) is 4.79 Å². The van der Waals surface area contributed by atoms with Crippen LogP contribution in [0.2, 0.25) is 0 Å². The van der Waals surface area contributed by atoms with Crippen LogP contribution in [0.3, 0.4) is 0 Å². The van der Waals surface area contributed by atoms with Crippen molar-refractivity contribution in [2.45, 2.75) is 72.6 Å². The smallest absolute Gasteiger partial charge is 0.162 e. The Labute approximate surface area is 138 Å². The van der Waals surface area contributed by atoms with E-state index < -0.39 is 0 Å². The Hall–Kier alpha value is -0.960. The predicted octanol–water partition coefficient (Wildman–Crippen LogP) is 4.77. The van der Waals surface area contributed by atoms with E-state index in [1.807, 2.05) is 0 Å². The monoisotopic (exact) mass is 309 g/mol. The minimum atomic E-state index is 0.134. The van der Waals surface area contributed by atoms with E-state index in [-0.39, 0.29) is 5.78 Å². The van der Waals surface area contributed by atoms with Crippen molar-refractivity contribution in [1.29, 1.82) is 0 Å². The fraction of sp³-hybridized carbons (Fsp3) is 0.789. The first kappa shape index (κ1) is 21.0. The fourth-order valence-electron chi connectivity index (χ4n) is 2.69. The summed E-state index contributed by atoms with van der Waals surface area (Å²) < 4.78 is 1.38. The molecular formula is C19H37N2O+. The van der Waals surface area contributed by atoms with E-state index in [0.717, 1.165) is 0 Å². The normalized spacial score (nSPS) is 13.9. The van der Waals surface area contributed by atoms with Crippen molar-refractivity contribution in [1.82, 2.24) is 0 Å². The van der Waals surface area contributed by atoms with Crippen LogP contribution in [0, 0.1) is 0 Å². The fourth-order valence-corrected chi connectivity index (χ4v) is 2.69. The number of carbonyl (C=O) groups is 1. The maximum Gasteiger partial charge on any atom is 0.162 e. The number of rotatable bonds is 10. The SMILES string of the molecule is CCCC[N+](CC)(CCCC)CCCC.O=C1C=CN=CC1. The first-order valence-corrected chi connectivity index (χ1v) is 9.20. The average molecular weight is 310 g/mol. The summed E-state index contributed by atoms with van der Waals surface area (Å²) in [6.07, 6.45) is 13.3. The van der Waals surface area contributed by atoms with Gasteiger partial charge in [0.05, 0.1) is 26.2 Å². The predicted molar refractivity (Wildman–Crippen MR) is 97.4 cm³/mol. The molecular weight excluding hydrogens is 272 g/mol. The third kappa shape index (κ3) is 9.88. The Morgan fingerprint density at radius 3 is 1.68 bits per heavy atom. The second kappa shape index (κ2) is 13.7. The van der Waals surface area contributed by atoms with Crippen LogP contribution in [-0.2, 0) is 4.79 Å². The number of ketones is 1. The standard InChI is InChI=1S/C14H32N.C5H5NO/c1-5-9-12-15(8-4,13-10-6-2)14-11-7-3;7-5-1-3-6-4-2-5/h5-14H2,1-4H3;1,3-4H,2H2/q+1;. The van der Waals surface area contributed by atoms with Gasteiger partial charge in [0.15, 0.2) is 5.78 Å². The van der Waals surface area contributed by atoms with Crippen molar-refractivity contribution in [3.05, 3.63) is 12.3 Å². The first-order chi connectivity index (χ1) is 10.6. The molecule has 3 heteroatoms. The van der Waals surface area contributed by atoms with Gasteiger partial charge in [-0.3, -0.25) is 9.79 Å². The number of carbonyl (C=O) groups excluding carboxylic acids is 1. The molecule has 0 unspecified atom stereocenters. The first-order valence-electron chi connectivity index (χ1n) is 9.20. The minimum Gasteiger partial charge on any atom is -0.324 e. The van der Waals surface area contributed by atoms with Crippen molar-refractivity contribution in [2.24, 2.45) is 4.99 Å². The number of allylic oxidation sites excluding steroid dienone is 1. The topological polar surface area (TPSA) is 29.4 Å². The van der Waals surface area contributed by atoms with Crippen molar-refractivity contribution in [2.75, 3.05) is 26.2 Å². The minimum absolute atomic E-state index is 0.134. The Bertz CT molecular complexity index is 313.